The maximum atomic E-state index is 12.7. The summed E-state index contributed by atoms with van der Waals surface area (Å²) < 4.78 is 0. The van der Waals surface area contributed by atoms with Crippen molar-refractivity contribution in [1.82, 2.24) is 4.90 Å². The molecule has 2 atom stereocenters. The highest BCUT2D eigenvalue weighted by molar-refractivity contribution is 5.78. The van der Waals surface area contributed by atoms with Gasteiger partial charge in [0.05, 0.1) is 0 Å². The number of likely N-dealkylation sites (tertiary alicyclic amines) is 1. The van der Waals surface area contributed by atoms with E-state index in [0.717, 1.165) is 25.3 Å². The molecule has 1 heterocycles. The van der Waals surface area contributed by atoms with Crippen LogP contribution in [0.5, 0.6) is 0 Å². The largest absolute Gasteiger partial charge is 0.339 e. The Kier molecular flexibility index (Phi) is 3.84. The molecule has 19 heavy (non-hydrogen) atoms. The molecule has 0 aromatic heterocycles. The van der Waals surface area contributed by atoms with Crippen LogP contribution < -0.4 is 5.73 Å². The number of nitrogens with two attached hydrogens (primary N) is 1. The van der Waals surface area contributed by atoms with Crippen LogP contribution in [0.1, 0.15) is 70.6 Å². The number of rotatable bonds is 2. The zero-order valence-corrected chi connectivity index (χ0v) is 12.1. The van der Waals surface area contributed by atoms with Crippen LogP contribution in [0.25, 0.3) is 0 Å². The maximum Gasteiger partial charge on any atom is 0.224 e. The molecular formula is C16H28N2O. The van der Waals surface area contributed by atoms with Gasteiger partial charge in [0, 0.05) is 24.5 Å². The Morgan fingerprint density at radius 2 is 1.74 bits per heavy atom. The van der Waals surface area contributed by atoms with Gasteiger partial charge in [-0.05, 0) is 44.4 Å². The molecular weight excluding hydrogens is 236 g/mol. The number of hydrogen-bond acceptors (Lipinski definition) is 2. The Morgan fingerprint density at radius 1 is 1.05 bits per heavy atom. The summed E-state index contributed by atoms with van der Waals surface area (Å²) in [5, 5.41) is 0. The second kappa shape index (κ2) is 5.43. The van der Waals surface area contributed by atoms with Crippen LogP contribution in [0, 0.1) is 5.92 Å². The molecule has 1 amide bonds. The molecule has 0 aromatic rings. The molecule has 3 heteroatoms. The number of amides is 1. The Bertz CT molecular complexity index is 334. The predicted octanol–water partition coefficient (Wildman–Crippen LogP) is 2.83. The fourth-order valence-corrected chi connectivity index (χ4v) is 4.59. The Morgan fingerprint density at radius 3 is 2.53 bits per heavy atom. The minimum Gasteiger partial charge on any atom is -0.339 e. The predicted molar refractivity (Wildman–Crippen MR) is 76.7 cm³/mol. The molecule has 2 saturated carbocycles. The molecule has 2 unspecified atom stereocenters. The monoisotopic (exact) mass is 264 g/mol. The molecule has 2 aliphatic carbocycles. The van der Waals surface area contributed by atoms with E-state index >= 15 is 0 Å². The smallest absolute Gasteiger partial charge is 0.224 e. The van der Waals surface area contributed by atoms with Crippen LogP contribution in [0.4, 0.5) is 0 Å². The van der Waals surface area contributed by atoms with E-state index in [1.165, 1.54) is 51.4 Å². The van der Waals surface area contributed by atoms with Gasteiger partial charge in [-0.1, -0.05) is 25.7 Å². The number of carbonyl (C=O) groups excluding carboxylic acids is 1. The van der Waals surface area contributed by atoms with E-state index in [1.54, 1.807) is 0 Å². The third kappa shape index (κ3) is 2.81. The molecule has 0 spiro atoms. The Balaban J connectivity index is 1.64. The second-order valence-corrected chi connectivity index (χ2v) is 7.09. The van der Waals surface area contributed by atoms with Gasteiger partial charge in [0.2, 0.25) is 5.91 Å². The van der Waals surface area contributed by atoms with E-state index in [-0.39, 0.29) is 5.54 Å². The average molecular weight is 264 g/mol. The van der Waals surface area contributed by atoms with Crippen LogP contribution in [-0.2, 0) is 4.79 Å². The van der Waals surface area contributed by atoms with Crippen molar-refractivity contribution >= 4 is 5.91 Å². The molecule has 3 rings (SSSR count). The summed E-state index contributed by atoms with van der Waals surface area (Å²) >= 11 is 0. The fourth-order valence-electron chi connectivity index (χ4n) is 4.59. The van der Waals surface area contributed by atoms with Crippen LogP contribution in [0.15, 0.2) is 0 Å². The van der Waals surface area contributed by atoms with Gasteiger partial charge in [0.15, 0.2) is 0 Å². The first-order valence-corrected chi connectivity index (χ1v) is 8.26. The van der Waals surface area contributed by atoms with E-state index in [1.807, 2.05) is 0 Å². The van der Waals surface area contributed by atoms with E-state index in [2.05, 4.69) is 4.90 Å². The highest BCUT2D eigenvalue weighted by Gasteiger charge is 2.39. The third-order valence-electron chi connectivity index (χ3n) is 5.67. The lowest BCUT2D eigenvalue weighted by molar-refractivity contribution is -0.138. The van der Waals surface area contributed by atoms with E-state index in [0.29, 0.717) is 18.4 Å². The summed E-state index contributed by atoms with van der Waals surface area (Å²) in [7, 11) is 0. The number of fused-ring (bicyclic) bond motifs is 1. The molecule has 0 radical (unpaired) electrons. The molecule has 3 fully saturated rings. The minimum atomic E-state index is -0.182. The molecule has 0 bridgehead atoms. The molecule has 2 N–H and O–H groups in total. The molecule has 1 aliphatic heterocycles. The van der Waals surface area contributed by atoms with E-state index < -0.39 is 0 Å². The molecule has 1 saturated heterocycles. The minimum absolute atomic E-state index is 0.182. The van der Waals surface area contributed by atoms with Gasteiger partial charge in [-0.3, -0.25) is 4.79 Å². The van der Waals surface area contributed by atoms with Crippen LogP contribution in [0.2, 0.25) is 0 Å². The van der Waals surface area contributed by atoms with Crippen molar-refractivity contribution in [2.24, 2.45) is 11.7 Å². The lowest BCUT2D eigenvalue weighted by Gasteiger charge is -2.45. The Labute approximate surface area is 116 Å². The zero-order valence-electron chi connectivity index (χ0n) is 12.1. The first kappa shape index (κ1) is 13.4. The van der Waals surface area contributed by atoms with Crippen molar-refractivity contribution in [3.63, 3.8) is 0 Å². The summed E-state index contributed by atoms with van der Waals surface area (Å²) in [6.45, 7) is 0.982. The quantitative estimate of drug-likeness (QED) is 0.833. The van der Waals surface area contributed by atoms with Crippen molar-refractivity contribution in [1.29, 1.82) is 0 Å². The first-order chi connectivity index (χ1) is 9.18. The topological polar surface area (TPSA) is 46.3 Å². The number of nitrogens with zero attached hydrogens (tertiary/aromatic N) is 1. The normalized spacial score (nSPS) is 34.1. The van der Waals surface area contributed by atoms with Crippen molar-refractivity contribution in [3.8, 4) is 0 Å². The zero-order chi connectivity index (χ0) is 13.3. The maximum absolute atomic E-state index is 12.7. The highest BCUT2D eigenvalue weighted by Crippen LogP contribution is 2.37. The van der Waals surface area contributed by atoms with Gasteiger partial charge in [-0.15, -0.1) is 0 Å². The standard InChI is InChI=1S/C16H28N2O/c17-16(9-3-4-10-16)12-15(19)18-11-5-7-13-6-1-2-8-14(13)18/h13-14H,1-12,17H2. The molecule has 3 aliphatic rings. The van der Waals surface area contributed by atoms with Gasteiger partial charge < -0.3 is 10.6 Å². The van der Waals surface area contributed by atoms with Crippen LogP contribution >= 0.6 is 0 Å². The highest BCUT2D eigenvalue weighted by atomic mass is 16.2. The lowest BCUT2D eigenvalue weighted by Crippen LogP contribution is -2.52. The molecule has 108 valence electrons. The summed E-state index contributed by atoms with van der Waals surface area (Å²) in [4.78, 5) is 14.9. The van der Waals surface area contributed by atoms with Crippen LogP contribution in [0.3, 0.4) is 0 Å². The summed E-state index contributed by atoms with van der Waals surface area (Å²) in [5.41, 5.74) is 6.21. The first-order valence-electron chi connectivity index (χ1n) is 8.26. The van der Waals surface area contributed by atoms with Crippen molar-refractivity contribution < 1.29 is 4.79 Å². The molecule has 0 aromatic carbocycles. The van der Waals surface area contributed by atoms with Gasteiger partial charge in [0.1, 0.15) is 0 Å². The van der Waals surface area contributed by atoms with E-state index in [9.17, 15) is 4.79 Å². The Hall–Kier alpha value is -0.570. The van der Waals surface area contributed by atoms with Crippen molar-refractivity contribution in [3.05, 3.63) is 0 Å². The SMILES string of the molecule is NC1(CC(=O)N2CCCC3CCCCC32)CCCC1. The van der Waals surface area contributed by atoms with Gasteiger partial charge >= 0.3 is 0 Å². The fraction of sp³-hybridized carbons (Fsp3) is 0.938. The number of carbonyl (C=O) groups is 1. The van der Waals surface area contributed by atoms with Crippen molar-refractivity contribution in [2.45, 2.75) is 82.2 Å². The van der Waals surface area contributed by atoms with E-state index in [4.69, 9.17) is 5.73 Å². The second-order valence-electron chi connectivity index (χ2n) is 7.09. The third-order valence-corrected chi connectivity index (χ3v) is 5.67. The number of hydrogen-bond donors (Lipinski definition) is 1. The molecule has 3 nitrogen and oxygen atoms in total. The van der Waals surface area contributed by atoms with Crippen molar-refractivity contribution in [2.75, 3.05) is 6.54 Å². The summed E-state index contributed by atoms with van der Waals surface area (Å²) in [5.74, 6) is 1.13. The average Bonchev–Trinajstić information content (AvgIpc) is 2.84. The van der Waals surface area contributed by atoms with Gasteiger partial charge in [-0.25, -0.2) is 0 Å². The van der Waals surface area contributed by atoms with Gasteiger partial charge in [0.25, 0.3) is 0 Å². The number of piperidine rings is 1. The summed E-state index contributed by atoms with van der Waals surface area (Å²) in [6.07, 6.45) is 12.9. The summed E-state index contributed by atoms with van der Waals surface area (Å²) in [6, 6.07) is 0.542. The van der Waals surface area contributed by atoms with Crippen LogP contribution in [-0.4, -0.2) is 28.9 Å². The lowest BCUT2D eigenvalue weighted by atomic mass is 9.78. The van der Waals surface area contributed by atoms with Gasteiger partial charge in [-0.2, -0.15) is 0 Å².